The second-order valence-corrected chi connectivity index (χ2v) is 6.30. The summed E-state index contributed by atoms with van der Waals surface area (Å²) in [4.78, 5) is 6.41. The van der Waals surface area contributed by atoms with Gasteiger partial charge in [0.05, 0.1) is 7.11 Å². The van der Waals surface area contributed by atoms with Gasteiger partial charge in [0.2, 0.25) is 5.82 Å². The van der Waals surface area contributed by atoms with Gasteiger partial charge in [0.15, 0.2) is 0 Å². The number of tetrazole rings is 1. The maximum absolute atomic E-state index is 5.26. The first kappa shape index (κ1) is 16.5. The number of ether oxygens (including phenoxy) is 1. The monoisotopic (exact) mass is 350 g/mol. The third-order valence-corrected chi connectivity index (χ3v) is 4.60. The fourth-order valence-electron chi connectivity index (χ4n) is 3.15. The van der Waals surface area contributed by atoms with E-state index in [2.05, 4.69) is 55.5 Å². The van der Waals surface area contributed by atoms with E-state index in [4.69, 9.17) is 4.74 Å². The summed E-state index contributed by atoms with van der Waals surface area (Å²) in [6.07, 6.45) is 0. The predicted molar refractivity (Wildman–Crippen MR) is 100 cm³/mol. The molecule has 1 aromatic heterocycles. The topological polar surface area (TPSA) is 59.3 Å². The summed E-state index contributed by atoms with van der Waals surface area (Å²) in [6.45, 7) is 4.61. The number of methoxy groups -OCH3 is 1. The summed E-state index contributed by atoms with van der Waals surface area (Å²) in [5, 5.41) is 12.9. The van der Waals surface area contributed by atoms with Crippen LogP contribution in [-0.2, 0) is 6.67 Å². The third kappa shape index (κ3) is 3.67. The highest BCUT2D eigenvalue weighted by molar-refractivity contribution is 5.56. The summed E-state index contributed by atoms with van der Waals surface area (Å²) in [6, 6.07) is 18.3. The largest absolute Gasteiger partial charge is 0.497 e. The fourth-order valence-corrected chi connectivity index (χ4v) is 3.15. The van der Waals surface area contributed by atoms with Crippen molar-refractivity contribution in [2.45, 2.75) is 6.67 Å². The van der Waals surface area contributed by atoms with Crippen molar-refractivity contribution in [1.29, 1.82) is 0 Å². The van der Waals surface area contributed by atoms with Gasteiger partial charge in [-0.2, -0.15) is 0 Å². The lowest BCUT2D eigenvalue weighted by atomic mass is 10.2. The molecule has 1 saturated heterocycles. The maximum atomic E-state index is 5.26. The summed E-state index contributed by atoms with van der Waals surface area (Å²) in [7, 11) is 1.65. The van der Waals surface area contributed by atoms with Crippen molar-refractivity contribution in [3.63, 3.8) is 0 Å². The Kier molecular flexibility index (Phi) is 4.79. The van der Waals surface area contributed by atoms with Crippen LogP contribution in [0.4, 0.5) is 5.69 Å². The van der Waals surface area contributed by atoms with E-state index < -0.39 is 0 Å². The number of nitrogens with zero attached hydrogens (tertiary/aromatic N) is 6. The lowest BCUT2D eigenvalue weighted by Gasteiger charge is -2.35. The zero-order valence-corrected chi connectivity index (χ0v) is 14.8. The Balaban J connectivity index is 1.36. The molecule has 1 aliphatic heterocycles. The lowest BCUT2D eigenvalue weighted by molar-refractivity contribution is 0.182. The van der Waals surface area contributed by atoms with Gasteiger partial charge in [-0.15, -0.1) is 15.0 Å². The highest BCUT2D eigenvalue weighted by Gasteiger charge is 2.18. The van der Waals surface area contributed by atoms with Crippen LogP contribution >= 0.6 is 0 Å². The zero-order chi connectivity index (χ0) is 17.8. The van der Waals surface area contributed by atoms with Crippen LogP contribution < -0.4 is 9.64 Å². The molecule has 2 heterocycles. The van der Waals surface area contributed by atoms with E-state index in [0.29, 0.717) is 12.5 Å². The van der Waals surface area contributed by atoms with E-state index in [1.54, 1.807) is 11.9 Å². The second kappa shape index (κ2) is 7.53. The number of hydrogen-bond donors (Lipinski definition) is 0. The molecule has 4 rings (SSSR count). The number of hydrogen-bond acceptors (Lipinski definition) is 6. The van der Waals surface area contributed by atoms with Crippen molar-refractivity contribution < 1.29 is 4.74 Å². The predicted octanol–water partition coefficient (Wildman–Crippen LogP) is 2.13. The first-order chi connectivity index (χ1) is 12.8. The summed E-state index contributed by atoms with van der Waals surface area (Å²) in [5.41, 5.74) is 2.19. The van der Waals surface area contributed by atoms with Crippen LogP contribution in [0.25, 0.3) is 11.4 Å². The number of para-hydroxylation sites is 1. The van der Waals surface area contributed by atoms with Crippen LogP contribution in [0, 0.1) is 0 Å². The molecule has 134 valence electrons. The van der Waals surface area contributed by atoms with Crippen LogP contribution in [0.15, 0.2) is 54.6 Å². The summed E-state index contributed by atoms with van der Waals surface area (Å²) < 4.78 is 5.26. The van der Waals surface area contributed by atoms with E-state index in [1.165, 1.54) is 5.69 Å². The van der Waals surface area contributed by atoms with Crippen LogP contribution in [0.1, 0.15) is 0 Å². The Morgan fingerprint density at radius 1 is 0.962 bits per heavy atom. The van der Waals surface area contributed by atoms with Gasteiger partial charge >= 0.3 is 0 Å². The normalized spacial score (nSPS) is 15.2. The zero-order valence-electron chi connectivity index (χ0n) is 14.8. The molecule has 0 saturated carbocycles. The number of aromatic nitrogens is 4. The highest BCUT2D eigenvalue weighted by atomic mass is 16.5. The Bertz CT molecular complexity index is 842. The third-order valence-electron chi connectivity index (χ3n) is 4.60. The van der Waals surface area contributed by atoms with Gasteiger partial charge in [0.1, 0.15) is 12.4 Å². The van der Waals surface area contributed by atoms with Crippen LogP contribution in [0.2, 0.25) is 0 Å². The molecular weight excluding hydrogens is 328 g/mol. The van der Waals surface area contributed by atoms with Crippen LogP contribution in [0.3, 0.4) is 0 Å². The van der Waals surface area contributed by atoms with E-state index in [0.717, 1.165) is 37.5 Å². The van der Waals surface area contributed by atoms with Crippen molar-refractivity contribution in [2.75, 3.05) is 38.2 Å². The molecule has 0 N–H and O–H groups in total. The van der Waals surface area contributed by atoms with Gasteiger partial charge in [0, 0.05) is 37.4 Å². The second-order valence-electron chi connectivity index (χ2n) is 6.30. The molecule has 3 aromatic rings. The minimum absolute atomic E-state index is 0.617. The fraction of sp³-hybridized carbons (Fsp3) is 0.316. The van der Waals surface area contributed by atoms with Crippen molar-refractivity contribution in [3.8, 4) is 17.1 Å². The van der Waals surface area contributed by atoms with Gasteiger partial charge in [0.25, 0.3) is 0 Å². The molecule has 2 aromatic carbocycles. The molecule has 0 radical (unpaired) electrons. The maximum Gasteiger partial charge on any atom is 0.205 e. The summed E-state index contributed by atoms with van der Waals surface area (Å²) >= 11 is 0. The van der Waals surface area contributed by atoms with Gasteiger partial charge in [-0.3, -0.25) is 4.90 Å². The first-order valence-corrected chi connectivity index (χ1v) is 8.76. The lowest BCUT2D eigenvalue weighted by Crippen LogP contribution is -2.47. The molecule has 0 atom stereocenters. The average Bonchev–Trinajstić information content (AvgIpc) is 3.18. The van der Waals surface area contributed by atoms with Crippen molar-refractivity contribution in [2.24, 2.45) is 0 Å². The molecule has 0 amide bonds. The van der Waals surface area contributed by atoms with Gasteiger partial charge < -0.3 is 9.64 Å². The molecule has 0 unspecified atom stereocenters. The van der Waals surface area contributed by atoms with E-state index in [-0.39, 0.29) is 0 Å². The molecule has 0 spiro atoms. The minimum Gasteiger partial charge on any atom is -0.497 e. The Hall–Kier alpha value is -2.93. The van der Waals surface area contributed by atoms with Gasteiger partial charge in [-0.1, -0.05) is 30.3 Å². The van der Waals surface area contributed by atoms with Gasteiger partial charge in [-0.05, 0) is 29.5 Å². The van der Waals surface area contributed by atoms with E-state index >= 15 is 0 Å². The molecular formula is C19H22N6O. The number of rotatable bonds is 5. The molecule has 0 bridgehead atoms. The molecule has 7 heteroatoms. The number of anilines is 1. The highest BCUT2D eigenvalue weighted by Crippen LogP contribution is 2.20. The Morgan fingerprint density at radius 2 is 1.77 bits per heavy atom. The van der Waals surface area contributed by atoms with E-state index in [9.17, 15) is 0 Å². The van der Waals surface area contributed by atoms with Crippen molar-refractivity contribution in [1.82, 2.24) is 25.1 Å². The molecule has 1 fully saturated rings. The average molecular weight is 350 g/mol. The Morgan fingerprint density at radius 3 is 2.54 bits per heavy atom. The quantitative estimate of drug-likeness (QED) is 0.703. The Labute approximate surface area is 152 Å². The van der Waals surface area contributed by atoms with E-state index in [1.807, 2.05) is 24.3 Å². The van der Waals surface area contributed by atoms with Crippen molar-refractivity contribution in [3.05, 3.63) is 54.6 Å². The number of piperazine rings is 1. The standard InChI is InChI=1S/C19H22N6O/c1-26-18-9-5-6-16(14-18)19-20-22-25(21-19)15-23-10-12-24(13-11-23)17-7-3-2-4-8-17/h2-9,14H,10-13,15H2,1H3. The van der Waals surface area contributed by atoms with Crippen LogP contribution in [-0.4, -0.2) is 58.4 Å². The first-order valence-electron chi connectivity index (χ1n) is 8.76. The molecule has 0 aliphatic carbocycles. The molecule has 7 nitrogen and oxygen atoms in total. The van der Waals surface area contributed by atoms with Crippen LogP contribution in [0.5, 0.6) is 5.75 Å². The smallest absolute Gasteiger partial charge is 0.205 e. The molecule has 26 heavy (non-hydrogen) atoms. The minimum atomic E-state index is 0.617. The molecule has 1 aliphatic rings. The van der Waals surface area contributed by atoms with Gasteiger partial charge in [-0.25, -0.2) is 0 Å². The summed E-state index contributed by atoms with van der Waals surface area (Å²) in [5.74, 6) is 1.41. The number of benzene rings is 2. The van der Waals surface area contributed by atoms with Crippen molar-refractivity contribution >= 4 is 5.69 Å². The SMILES string of the molecule is COc1cccc(-c2nnn(CN3CCN(c4ccccc4)CC3)n2)c1.